The molecule has 0 bridgehead atoms. The van der Waals surface area contributed by atoms with Crippen molar-refractivity contribution in [3.8, 4) is 90.2 Å². The van der Waals surface area contributed by atoms with Gasteiger partial charge in [-0.05, 0) is 131 Å². The number of aryl methyl sites for hydroxylation is 2. The van der Waals surface area contributed by atoms with Gasteiger partial charge in [0.05, 0.1) is 51.9 Å². The summed E-state index contributed by atoms with van der Waals surface area (Å²) in [6, 6.07) is 64.7. The minimum Gasteiger partial charge on any atom is -0.308 e. The molecule has 0 N–H and O–H groups in total. The lowest BCUT2D eigenvalue weighted by atomic mass is 9.91. The van der Waals surface area contributed by atoms with E-state index in [0.29, 0.717) is 39.3 Å². The molecule has 5 nitrogen and oxygen atoms in total. The maximum absolute atomic E-state index is 14.8. The summed E-state index contributed by atoms with van der Waals surface area (Å²) in [6.07, 6.45) is -4.50. The predicted molar refractivity (Wildman–Crippen MR) is 285 cm³/mol. The lowest BCUT2D eigenvalue weighted by Gasteiger charge is -2.21. The summed E-state index contributed by atoms with van der Waals surface area (Å²) < 4.78 is 58.8. The van der Waals surface area contributed by atoms with Crippen LogP contribution in [-0.4, -0.2) is 14.5 Å². The predicted octanol–water partition coefficient (Wildman–Crippen LogP) is 17.8. The van der Waals surface area contributed by atoms with Crippen LogP contribution in [-0.2, 0) is 12.9 Å². The fourth-order valence-electron chi connectivity index (χ4n) is 9.91. The van der Waals surface area contributed by atoms with Gasteiger partial charge in [-0.15, -0.1) is 0 Å². The second kappa shape index (κ2) is 18.7. The van der Waals surface area contributed by atoms with Gasteiger partial charge in [-0.25, -0.2) is 19.2 Å². The van der Waals surface area contributed by atoms with Crippen molar-refractivity contribution in [1.82, 2.24) is 14.5 Å². The number of nitrogens with zero attached hydrogens (tertiary/aromatic N) is 5. The summed E-state index contributed by atoms with van der Waals surface area (Å²) >= 11 is 0. The summed E-state index contributed by atoms with van der Waals surface area (Å²) in [7, 11) is 0. The van der Waals surface area contributed by atoms with E-state index < -0.39 is 18.4 Å². The van der Waals surface area contributed by atoms with Gasteiger partial charge in [0.1, 0.15) is 6.67 Å². The molecule has 9 aromatic carbocycles. The van der Waals surface area contributed by atoms with Gasteiger partial charge in [-0.2, -0.15) is 18.4 Å². The molecule has 2 heterocycles. The SMILES string of the molecule is [C-]#[N+]c1cccc(-c2cc(-c3nc(-c4ccccc4)cc(-c4ccccc4)n3)cc(-c3cccc(C#N)c3)c2-n2c3ccc(-c4ccc(C(F)(F)F)cc4C)cc3c3cc(-c4ccc(C)cc4CF)ccc32)c1. The monoisotopic (exact) mass is 955 g/mol. The van der Waals surface area contributed by atoms with Crippen molar-refractivity contribution >= 4 is 27.5 Å². The largest absolute Gasteiger partial charge is 0.416 e. The van der Waals surface area contributed by atoms with Crippen LogP contribution in [0.4, 0.5) is 23.2 Å². The number of alkyl halides is 4. The third-order valence-electron chi connectivity index (χ3n) is 13.4. The lowest BCUT2D eigenvalue weighted by molar-refractivity contribution is -0.137. The van der Waals surface area contributed by atoms with E-state index in [0.717, 1.165) is 101 Å². The minimum absolute atomic E-state index is 0.431. The Hall–Kier alpha value is -9.44. The highest BCUT2D eigenvalue weighted by Crippen LogP contribution is 2.46. The van der Waals surface area contributed by atoms with E-state index in [4.69, 9.17) is 16.5 Å². The standard InChI is InChI=1S/C64H41F4N5/c1-39-20-24-53(49(28-39)37-65)47-22-27-61-57(33-47)56-32-46(52-25-23-50(29-40(52)2)64(66,67)68)21-26-60(56)73(61)62-54(44-17-10-12-41(30-44)38-69)34-48(35-55(62)45-18-11-19-51(31-45)70-3)63-71-58(42-13-6-4-7-14-42)36-59(72-63)43-15-8-5-9-16-43/h4-36H,37H2,1-2H3. The molecule has 73 heavy (non-hydrogen) atoms. The van der Waals surface area contributed by atoms with Gasteiger partial charge in [-0.1, -0.05) is 133 Å². The number of aromatic nitrogens is 3. The van der Waals surface area contributed by atoms with Crippen molar-refractivity contribution < 1.29 is 17.6 Å². The molecule has 0 aliphatic carbocycles. The number of halogens is 4. The first kappa shape index (κ1) is 46.0. The smallest absolute Gasteiger partial charge is 0.308 e. The number of hydrogen-bond acceptors (Lipinski definition) is 3. The van der Waals surface area contributed by atoms with Crippen molar-refractivity contribution in [3.63, 3.8) is 0 Å². The maximum Gasteiger partial charge on any atom is 0.416 e. The molecule has 0 saturated carbocycles. The van der Waals surface area contributed by atoms with Crippen LogP contribution in [0.25, 0.3) is 111 Å². The zero-order chi connectivity index (χ0) is 50.4. The van der Waals surface area contributed by atoms with Crippen molar-refractivity contribution in [2.45, 2.75) is 26.7 Å². The van der Waals surface area contributed by atoms with Gasteiger partial charge in [-0.3, -0.25) is 0 Å². The molecule has 350 valence electrons. The topological polar surface area (TPSA) is 58.9 Å². The van der Waals surface area contributed by atoms with E-state index in [1.807, 2.05) is 159 Å². The highest BCUT2D eigenvalue weighted by atomic mass is 19.4. The first-order valence-corrected chi connectivity index (χ1v) is 23.6. The van der Waals surface area contributed by atoms with Crippen LogP contribution >= 0.6 is 0 Å². The normalized spacial score (nSPS) is 11.5. The third kappa shape index (κ3) is 8.68. The molecule has 0 spiro atoms. The summed E-state index contributed by atoms with van der Waals surface area (Å²) in [5.41, 5.74) is 14.2. The molecule has 0 aliphatic rings. The average Bonchev–Trinajstić information content (AvgIpc) is 3.75. The van der Waals surface area contributed by atoms with Gasteiger partial charge in [0, 0.05) is 38.6 Å². The molecule has 0 amide bonds. The average molecular weight is 956 g/mol. The van der Waals surface area contributed by atoms with E-state index in [2.05, 4.69) is 33.7 Å². The molecule has 0 unspecified atom stereocenters. The molecular weight excluding hydrogens is 915 g/mol. The number of rotatable bonds is 9. The van der Waals surface area contributed by atoms with Gasteiger partial charge in [0.25, 0.3) is 0 Å². The Kier molecular flexibility index (Phi) is 11.8. The Morgan fingerprint density at radius 2 is 1.10 bits per heavy atom. The Labute approximate surface area is 419 Å². The van der Waals surface area contributed by atoms with Crippen LogP contribution < -0.4 is 0 Å². The third-order valence-corrected chi connectivity index (χ3v) is 13.4. The summed E-state index contributed by atoms with van der Waals surface area (Å²) in [4.78, 5) is 14.3. The number of hydrogen-bond donors (Lipinski definition) is 0. The molecule has 0 aliphatic heterocycles. The number of fused-ring (bicyclic) bond motifs is 3. The first-order chi connectivity index (χ1) is 35.5. The van der Waals surface area contributed by atoms with Crippen molar-refractivity contribution in [3.05, 3.63) is 239 Å². The van der Waals surface area contributed by atoms with E-state index in [-0.39, 0.29) is 0 Å². The first-order valence-electron chi connectivity index (χ1n) is 23.6. The van der Waals surface area contributed by atoms with Gasteiger partial charge in [0.15, 0.2) is 11.5 Å². The van der Waals surface area contributed by atoms with Crippen LogP contribution in [0, 0.1) is 31.8 Å². The van der Waals surface area contributed by atoms with Crippen LogP contribution in [0.3, 0.4) is 0 Å². The summed E-state index contributed by atoms with van der Waals surface area (Å²) in [5.74, 6) is 0.456. The van der Waals surface area contributed by atoms with Crippen LogP contribution in [0.5, 0.6) is 0 Å². The van der Waals surface area contributed by atoms with Crippen molar-refractivity contribution in [2.24, 2.45) is 0 Å². The molecular formula is C64H41F4N5. The van der Waals surface area contributed by atoms with Gasteiger partial charge < -0.3 is 4.57 Å². The minimum atomic E-state index is -4.50. The van der Waals surface area contributed by atoms with Crippen LogP contribution in [0.2, 0.25) is 0 Å². The Balaban J connectivity index is 1.26. The molecule has 11 aromatic rings. The zero-order valence-corrected chi connectivity index (χ0v) is 39.5. The van der Waals surface area contributed by atoms with Gasteiger partial charge >= 0.3 is 6.18 Å². The fourth-order valence-corrected chi connectivity index (χ4v) is 9.91. The number of nitriles is 1. The molecule has 11 rings (SSSR count). The second-order valence-electron chi connectivity index (χ2n) is 18.1. The number of benzene rings is 9. The van der Waals surface area contributed by atoms with E-state index >= 15 is 0 Å². The quantitative estimate of drug-likeness (QED) is 0.107. The van der Waals surface area contributed by atoms with Gasteiger partial charge in [0.2, 0.25) is 0 Å². The Morgan fingerprint density at radius 3 is 1.67 bits per heavy atom. The molecule has 0 radical (unpaired) electrons. The van der Waals surface area contributed by atoms with E-state index in [9.17, 15) is 22.8 Å². The molecule has 0 atom stereocenters. The van der Waals surface area contributed by atoms with Crippen molar-refractivity contribution in [1.29, 1.82) is 5.26 Å². The molecule has 2 aromatic heterocycles. The summed E-state index contributed by atoms with van der Waals surface area (Å²) in [6.45, 7) is 11.0. The molecule has 9 heteroatoms. The molecule has 0 saturated heterocycles. The maximum atomic E-state index is 14.8. The van der Waals surface area contributed by atoms with Crippen LogP contribution in [0.15, 0.2) is 200 Å². The Morgan fingerprint density at radius 1 is 0.534 bits per heavy atom. The van der Waals surface area contributed by atoms with Crippen molar-refractivity contribution in [2.75, 3.05) is 0 Å². The molecule has 0 fully saturated rings. The van der Waals surface area contributed by atoms with E-state index in [1.54, 1.807) is 19.1 Å². The highest BCUT2D eigenvalue weighted by molar-refractivity contribution is 6.13. The van der Waals surface area contributed by atoms with Crippen LogP contribution in [0.1, 0.15) is 27.8 Å². The Bertz CT molecular complexity index is 3910. The highest BCUT2D eigenvalue weighted by Gasteiger charge is 2.31. The zero-order valence-electron chi connectivity index (χ0n) is 39.5. The second-order valence-corrected chi connectivity index (χ2v) is 18.1. The summed E-state index contributed by atoms with van der Waals surface area (Å²) in [5, 5.41) is 11.9. The lowest BCUT2D eigenvalue weighted by Crippen LogP contribution is -2.05. The fraction of sp³-hybridized carbons (Fsp3) is 0.0625. The van der Waals surface area contributed by atoms with E-state index in [1.165, 1.54) is 12.1 Å².